The molecule has 1 N–H and O–H groups in total. The highest BCUT2D eigenvalue weighted by atomic mass is 35.5. The average Bonchev–Trinajstić information content (AvgIpc) is 2.64. The van der Waals surface area contributed by atoms with Crippen molar-refractivity contribution in [3.05, 3.63) is 77.4 Å². The third-order valence-corrected chi connectivity index (χ3v) is 3.85. The molecule has 0 aliphatic carbocycles. The molecule has 0 aliphatic heterocycles. The second-order valence-corrected chi connectivity index (χ2v) is 5.50. The average molecular weight is 339 g/mol. The molecule has 3 rings (SSSR count). The number of anilines is 1. The van der Waals surface area contributed by atoms with Gasteiger partial charge in [0.2, 0.25) is 0 Å². The summed E-state index contributed by atoms with van der Waals surface area (Å²) in [5.74, 6) is 0.502. The summed E-state index contributed by atoms with van der Waals surface area (Å²) >= 11 is 6.25. The zero-order valence-corrected chi connectivity index (χ0v) is 13.7. The van der Waals surface area contributed by atoms with Gasteiger partial charge in [0, 0.05) is 23.0 Å². The lowest BCUT2D eigenvalue weighted by atomic mass is 10.1. The maximum absolute atomic E-state index is 12.3. The normalized spacial score (nSPS) is 10.2. The van der Waals surface area contributed by atoms with Crippen molar-refractivity contribution in [3.63, 3.8) is 0 Å². The molecule has 0 bridgehead atoms. The van der Waals surface area contributed by atoms with Crippen molar-refractivity contribution in [3.8, 4) is 17.0 Å². The number of hydrogen-bond donors (Lipinski definition) is 1. The molecule has 0 saturated carbocycles. The van der Waals surface area contributed by atoms with Crippen LogP contribution in [0.5, 0.6) is 5.75 Å². The first kappa shape index (κ1) is 16.0. The molecule has 0 fully saturated rings. The highest BCUT2D eigenvalue weighted by Gasteiger charge is 2.10. The molecular weight excluding hydrogens is 324 g/mol. The standard InChI is InChI=1S/C19H15ClN2O2/c1-24-15-8-5-13(6-9-15)19(23)22-14-7-10-17(20)16(12-14)18-4-2-3-11-21-18/h2-12H,1H3,(H,22,23). The fourth-order valence-electron chi connectivity index (χ4n) is 2.27. The first-order chi connectivity index (χ1) is 11.7. The van der Waals surface area contributed by atoms with Crippen molar-refractivity contribution in [1.29, 1.82) is 0 Å². The number of amides is 1. The van der Waals surface area contributed by atoms with Crippen molar-refractivity contribution in [2.24, 2.45) is 0 Å². The summed E-state index contributed by atoms with van der Waals surface area (Å²) in [6, 6.07) is 17.8. The summed E-state index contributed by atoms with van der Waals surface area (Å²) < 4.78 is 5.09. The van der Waals surface area contributed by atoms with Crippen LogP contribution < -0.4 is 10.1 Å². The number of ether oxygens (including phenoxy) is 1. The highest BCUT2D eigenvalue weighted by molar-refractivity contribution is 6.33. The Morgan fingerprint density at radius 2 is 1.88 bits per heavy atom. The van der Waals surface area contributed by atoms with Crippen LogP contribution in [0.4, 0.5) is 5.69 Å². The Morgan fingerprint density at radius 3 is 2.54 bits per heavy atom. The smallest absolute Gasteiger partial charge is 0.255 e. The van der Waals surface area contributed by atoms with Crippen LogP contribution in [0.1, 0.15) is 10.4 Å². The number of aromatic nitrogens is 1. The SMILES string of the molecule is COc1ccc(C(=O)Nc2ccc(Cl)c(-c3ccccn3)c2)cc1. The summed E-state index contributed by atoms with van der Waals surface area (Å²) in [6.07, 6.45) is 1.70. The molecule has 5 heteroatoms. The van der Waals surface area contributed by atoms with Crippen LogP contribution in [-0.2, 0) is 0 Å². The van der Waals surface area contributed by atoms with Crippen molar-refractivity contribution >= 4 is 23.2 Å². The Hall–Kier alpha value is -2.85. The largest absolute Gasteiger partial charge is 0.497 e. The van der Waals surface area contributed by atoms with E-state index in [2.05, 4.69) is 10.3 Å². The molecule has 0 atom stereocenters. The molecule has 0 unspecified atom stereocenters. The molecule has 4 nitrogen and oxygen atoms in total. The Morgan fingerprint density at radius 1 is 1.08 bits per heavy atom. The van der Waals surface area contributed by atoms with Crippen LogP contribution in [0.3, 0.4) is 0 Å². The van der Waals surface area contributed by atoms with E-state index in [0.29, 0.717) is 22.0 Å². The number of hydrogen-bond acceptors (Lipinski definition) is 3. The lowest BCUT2D eigenvalue weighted by Crippen LogP contribution is -2.11. The molecule has 2 aromatic carbocycles. The number of nitrogens with zero attached hydrogens (tertiary/aromatic N) is 1. The number of benzene rings is 2. The highest BCUT2D eigenvalue weighted by Crippen LogP contribution is 2.29. The summed E-state index contributed by atoms with van der Waals surface area (Å²) in [5, 5.41) is 3.45. The Kier molecular flexibility index (Phi) is 4.77. The van der Waals surface area contributed by atoms with Gasteiger partial charge in [-0.25, -0.2) is 0 Å². The van der Waals surface area contributed by atoms with Crippen LogP contribution in [0, 0.1) is 0 Å². The van der Waals surface area contributed by atoms with Gasteiger partial charge in [0.1, 0.15) is 5.75 Å². The van der Waals surface area contributed by atoms with E-state index in [0.717, 1.165) is 11.3 Å². The van der Waals surface area contributed by atoms with Gasteiger partial charge in [-0.3, -0.25) is 9.78 Å². The topological polar surface area (TPSA) is 51.2 Å². The van der Waals surface area contributed by atoms with Gasteiger partial charge in [-0.2, -0.15) is 0 Å². The van der Waals surface area contributed by atoms with Crippen LogP contribution in [0.15, 0.2) is 66.9 Å². The maximum atomic E-state index is 12.3. The maximum Gasteiger partial charge on any atom is 0.255 e. The zero-order valence-electron chi connectivity index (χ0n) is 13.0. The van der Waals surface area contributed by atoms with E-state index in [-0.39, 0.29) is 5.91 Å². The van der Waals surface area contributed by atoms with Crippen molar-refractivity contribution < 1.29 is 9.53 Å². The van der Waals surface area contributed by atoms with E-state index in [1.807, 2.05) is 24.3 Å². The predicted octanol–water partition coefficient (Wildman–Crippen LogP) is 4.66. The minimum absolute atomic E-state index is 0.202. The van der Waals surface area contributed by atoms with Crippen LogP contribution in [-0.4, -0.2) is 18.0 Å². The Labute approximate surface area is 145 Å². The van der Waals surface area contributed by atoms with E-state index in [9.17, 15) is 4.79 Å². The molecule has 0 aliphatic rings. The Balaban J connectivity index is 1.83. The van der Waals surface area contributed by atoms with Gasteiger partial charge in [0.15, 0.2) is 0 Å². The molecule has 24 heavy (non-hydrogen) atoms. The summed E-state index contributed by atoms with van der Waals surface area (Å²) in [6.45, 7) is 0. The third-order valence-electron chi connectivity index (χ3n) is 3.52. The van der Waals surface area contributed by atoms with Gasteiger partial charge in [0.25, 0.3) is 5.91 Å². The van der Waals surface area contributed by atoms with Crippen LogP contribution in [0.25, 0.3) is 11.3 Å². The monoisotopic (exact) mass is 338 g/mol. The molecule has 0 saturated heterocycles. The van der Waals surface area contributed by atoms with Crippen molar-refractivity contribution in [2.75, 3.05) is 12.4 Å². The molecule has 1 amide bonds. The lowest BCUT2D eigenvalue weighted by molar-refractivity contribution is 0.102. The molecular formula is C19H15ClN2O2. The van der Waals surface area contributed by atoms with E-state index in [4.69, 9.17) is 16.3 Å². The summed E-state index contributed by atoms with van der Waals surface area (Å²) in [5.41, 5.74) is 2.72. The van der Waals surface area contributed by atoms with E-state index < -0.39 is 0 Å². The number of carbonyl (C=O) groups excluding carboxylic acids is 1. The van der Waals surface area contributed by atoms with Crippen molar-refractivity contribution in [1.82, 2.24) is 4.98 Å². The van der Waals surface area contributed by atoms with Gasteiger partial charge in [-0.1, -0.05) is 17.7 Å². The van der Waals surface area contributed by atoms with Gasteiger partial charge >= 0.3 is 0 Å². The van der Waals surface area contributed by atoms with Gasteiger partial charge in [-0.15, -0.1) is 0 Å². The summed E-state index contributed by atoms with van der Waals surface area (Å²) in [4.78, 5) is 16.6. The second kappa shape index (κ2) is 7.15. The minimum Gasteiger partial charge on any atom is -0.497 e. The number of methoxy groups -OCH3 is 1. The molecule has 0 radical (unpaired) electrons. The van der Waals surface area contributed by atoms with Crippen molar-refractivity contribution in [2.45, 2.75) is 0 Å². The summed E-state index contributed by atoms with van der Waals surface area (Å²) in [7, 11) is 1.59. The van der Waals surface area contributed by atoms with E-state index >= 15 is 0 Å². The lowest BCUT2D eigenvalue weighted by Gasteiger charge is -2.09. The molecule has 120 valence electrons. The Bertz CT molecular complexity index is 849. The van der Waals surface area contributed by atoms with Gasteiger partial charge in [-0.05, 0) is 54.6 Å². The number of halogens is 1. The minimum atomic E-state index is -0.202. The van der Waals surface area contributed by atoms with Crippen LogP contribution in [0.2, 0.25) is 5.02 Å². The fourth-order valence-corrected chi connectivity index (χ4v) is 2.48. The molecule has 1 aromatic heterocycles. The number of rotatable bonds is 4. The van der Waals surface area contributed by atoms with Gasteiger partial charge in [0.05, 0.1) is 17.8 Å². The first-order valence-corrected chi connectivity index (χ1v) is 7.71. The number of pyridine rings is 1. The fraction of sp³-hybridized carbons (Fsp3) is 0.0526. The first-order valence-electron chi connectivity index (χ1n) is 7.34. The number of carbonyl (C=O) groups is 1. The quantitative estimate of drug-likeness (QED) is 0.752. The van der Waals surface area contributed by atoms with Crippen LogP contribution >= 0.6 is 11.6 Å². The molecule has 0 spiro atoms. The third kappa shape index (κ3) is 3.55. The molecule has 1 heterocycles. The molecule has 3 aromatic rings. The van der Waals surface area contributed by atoms with E-state index in [1.54, 1.807) is 49.7 Å². The number of nitrogens with one attached hydrogen (secondary N) is 1. The zero-order chi connectivity index (χ0) is 16.9. The van der Waals surface area contributed by atoms with E-state index in [1.165, 1.54) is 0 Å². The predicted molar refractivity (Wildman–Crippen MR) is 95.6 cm³/mol. The van der Waals surface area contributed by atoms with Gasteiger partial charge < -0.3 is 10.1 Å². The second-order valence-electron chi connectivity index (χ2n) is 5.09.